The minimum absolute atomic E-state index is 0.365. The van der Waals surface area contributed by atoms with E-state index in [0.717, 1.165) is 27.2 Å². The Balaban J connectivity index is 1.58. The Morgan fingerprint density at radius 3 is 2.43 bits per heavy atom. The van der Waals surface area contributed by atoms with E-state index in [9.17, 15) is 4.79 Å². The first-order chi connectivity index (χ1) is 14.2. The molecule has 3 rings (SSSR count). The number of carbonyl (C=O) groups excluding carboxylic acids is 1. The van der Waals surface area contributed by atoms with Crippen molar-refractivity contribution in [1.29, 1.82) is 0 Å². The summed E-state index contributed by atoms with van der Waals surface area (Å²) in [6.45, 7) is 6.32. The van der Waals surface area contributed by atoms with Crippen LogP contribution in [0.25, 0.3) is 16.9 Å². The van der Waals surface area contributed by atoms with Crippen molar-refractivity contribution in [3.63, 3.8) is 0 Å². The number of ether oxygens (including phenoxy) is 2. The molecule has 0 aliphatic rings. The SMILES string of the molecule is CN(CCOc1ccc(-n2cc(Br)c(-c3ccncc3)n2)cc1)C(=O)OC(C)(C)C. The molecule has 7 nitrogen and oxygen atoms in total. The van der Waals surface area contributed by atoms with Gasteiger partial charge in [-0.25, -0.2) is 9.48 Å². The van der Waals surface area contributed by atoms with Crippen molar-refractivity contribution in [2.24, 2.45) is 0 Å². The third-order valence-electron chi connectivity index (χ3n) is 4.13. The summed E-state index contributed by atoms with van der Waals surface area (Å²) in [6.07, 6.45) is 5.04. The van der Waals surface area contributed by atoms with E-state index in [1.54, 1.807) is 24.1 Å². The van der Waals surface area contributed by atoms with Gasteiger partial charge in [-0.3, -0.25) is 4.98 Å². The van der Waals surface area contributed by atoms with Gasteiger partial charge in [-0.15, -0.1) is 0 Å². The van der Waals surface area contributed by atoms with Gasteiger partial charge < -0.3 is 14.4 Å². The molecule has 158 valence electrons. The zero-order valence-corrected chi connectivity index (χ0v) is 19.1. The molecule has 0 saturated heterocycles. The van der Waals surface area contributed by atoms with Crippen LogP contribution in [0.2, 0.25) is 0 Å². The highest BCUT2D eigenvalue weighted by molar-refractivity contribution is 9.10. The van der Waals surface area contributed by atoms with Crippen LogP contribution in [0.3, 0.4) is 0 Å². The van der Waals surface area contributed by atoms with E-state index >= 15 is 0 Å². The Morgan fingerprint density at radius 2 is 1.80 bits per heavy atom. The number of carbonyl (C=O) groups is 1. The van der Waals surface area contributed by atoms with Crippen LogP contribution in [0.4, 0.5) is 4.79 Å². The molecule has 1 amide bonds. The van der Waals surface area contributed by atoms with Crippen molar-refractivity contribution in [1.82, 2.24) is 19.7 Å². The van der Waals surface area contributed by atoms with Crippen molar-refractivity contribution in [2.45, 2.75) is 26.4 Å². The molecule has 30 heavy (non-hydrogen) atoms. The van der Waals surface area contributed by atoms with E-state index in [4.69, 9.17) is 9.47 Å². The molecule has 2 aromatic heterocycles. The van der Waals surface area contributed by atoms with Gasteiger partial charge in [0.1, 0.15) is 23.7 Å². The topological polar surface area (TPSA) is 69.5 Å². The number of hydrogen-bond donors (Lipinski definition) is 0. The maximum Gasteiger partial charge on any atom is 0.410 e. The second kappa shape index (κ2) is 9.30. The molecule has 0 fully saturated rings. The summed E-state index contributed by atoms with van der Waals surface area (Å²) in [5.41, 5.74) is 2.24. The van der Waals surface area contributed by atoms with Gasteiger partial charge in [0.05, 0.1) is 16.7 Å². The fourth-order valence-corrected chi connectivity index (χ4v) is 3.12. The molecule has 0 atom stereocenters. The smallest absolute Gasteiger partial charge is 0.410 e. The lowest BCUT2D eigenvalue weighted by Gasteiger charge is -2.24. The van der Waals surface area contributed by atoms with E-state index < -0.39 is 5.60 Å². The number of benzene rings is 1. The van der Waals surface area contributed by atoms with Crippen molar-refractivity contribution in [3.8, 4) is 22.7 Å². The van der Waals surface area contributed by atoms with Crippen LogP contribution in [0.15, 0.2) is 59.5 Å². The number of nitrogens with zero attached hydrogens (tertiary/aromatic N) is 4. The Morgan fingerprint density at radius 1 is 1.13 bits per heavy atom. The maximum absolute atomic E-state index is 12.0. The fourth-order valence-electron chi connectivity index (χ4n) is 2.62. The largest absolute Gasteiger partial charge is 0.492 e. The zero-order chi connectivity index (χ0) is 21.7. The molecule has 0 radical (unpaired) electrons. The van der Waals surface area contributed by atoms with E-state index in [1.807, 2.05) is 63.4 Å². The Kier molecular flexibility index (Phi) is 6.77. The second-order valence-electron chi connectivity index (χ2n) is 7.75. The molecule has 0 bridgehead atoms. The number of aromatic nitrogens is 3. The van der Waals surface area contributed by atoms with Gasteiger partial charge in [-0.1, -0.05) is 0 Å². The summed E-state index contributed by atoms with van der Waals surface area (Å²) in [7, 11) is 1.69. The quantitative estimate of drug-likeness (QED) is 0.507. The molecule has 2 heterocycles. The van der Waals surface area contributed by atoms with Crippen LogP contribution in [0.5, 0.6) is 5.75 Å². The molecule has 1 aromatic carbocycles. The predicted octanol–water partition coefficient (Wildman–Crippen LogP) is 4.94. The zero-order valence-electron chi connectivity index (χ0n) is 17.5. The minimum Gasteiger partial charge on any atom is -0.492 e. The summed E-state index contributed by atoms with van der Waals surface area (Å²) in [4.78, 5) is 17.5. The lowest BCUT2D eigenvalue weighted by atomic mass is 10.2. The van der Waals surface area contributed by atoms with Gasteiger partial charge in [0.15, 0.2) is 0 Å². The molecule has 3 aromatic rings. The van der Waals surface area contributed by atoms with Gasteiger partial charge in [0.2, 0.25) is 0 Å². The number of likely N-dealkylation sites (N-methyl/N-ethyl adjacent to an activating group) is 1. The molecule has 0 aliphatic carbocycles. The number of hydrogen-bond acceptors (Lipinski definition) is 5. The summed E-state index contributed by atoms with van der Waals surface area (Å²) < 4.78 is 13.8. The molecule has 0 aliphatic heterocycles. The van der Waals surface area contributed by atoms with Crippen LogP contribution in [0.1, 0.15) is 20.8 Å². The highest BCUT2D eigenvalue weighted by Crippen LogP contribution is 2.27. The first-order valence-corrected chi connectivity index (χ1v) is 10.4. The van der Waals surface area contributed by atoms with Gasteiger partial charge in [-0.05, 0) is 73.1 Å². The Hall–Kier alpha value is -2.87. The normalized spacial score (nSPS) is 11.2. The third kappa shape index (κ3) is 5.82. The molecule has 0 N–H and O–H groups in total. The van der Waals surface area contributed by atoms with Gasteiger partial charge >= 0.3 is 6.09 Å². The first-order valence-electron chi connectivity index (χ1n) is 9.56. The van der Waals surface area contributed by atoms with Gasteiger partial charge in [0, 0.05) is 31.2 Å². The van der Waals surface area contributed by atoms with Gasteiger partial charge in [0.25, 0.3) is 0 Å². The Bertz CT molecular complexity index is 982. The van der Waals surface area contributed by atoms with Crippen molar-refractivity contribution >= 4 is 22.0 Å². The van der Waals surface area contributed by atoms with Crippen molar-refractivity contribution in [2.75, 3.05) is 20.2 Å². The van der Waals surface area contributed by atoms with Crippen LogP contribution < -0.4 is 4.74 Å². The predicted molar refractivity (Wildman–Crippen MR) is 119 cm³/mol. The molecule has 0 unspecified atom stereocenters. The molecule has 0 spiro atoms. The number of amides is 1. The first kappa shape index (κ1) is 21.8. The highest BCUT2D eigenvalue weighted by Gasteiger charge is 2.19. The van der Waals surface area contributed by atoms with E-state index in [2.05, 4.69) is 26.0 Å². The average molecular weight is 473 g/mol. The minimum atomic E-state index is -0.513. The van der Waals surface area contributed by atoms with E-state index in [-0.39, 0.29) is 6.09 Å². The third-order valence-corrected chi connectivity index (χ3v) is 4.71. The number of pyridine rings is 1. The summed E-state index contributed by atoms with van der Waals surface area (Å²) in [6, 6.07) is 11.5. The summed E-state index contributed by atoms with van der Waals surface area (Å²) in [5.74, 6) is 0.719. The molecule has 8 heteroatoms. The monoisotopic (exact) mass is 472 g/mol. The van der Waals surface area contributed by atoms with E-state index in [1.165, 1.54) is 4.90 Å². The summed E-state index contributed by atoms with van der Waals surface area (Å²) >= 11 is 3.57. The maximum atomic E-state index is 12.0. The van der Waals surface area contributed by atoms with Crippen LogP contribution >= 0.6 is 15.9 Å². The van der Waals surface area contributed by atoms with Crippen LogP contribution in [0, 0.1) is 0 Å². The lowest BCUT2D eigenvalue weighted by Crippen LogP contribution is -2.36. The standard InChI is InChI=1S/C22H25BrN4O3/c1-22(2,3)30-21(28)26(4)13-14-29-18-7-5-17(6-8-18)27-15-19(23)20(25-27)16-9-11-24-12-10-16/h5-12,15H,13-14H2,1-4H3. The van der Waals surface area contributed by atoms with Crippen LogP contribution in [-0.2, 0) is 4.74 Å². The average Bonchev–Trinajstić information content (AvgIpc) is 3.09. The lowest BCUT2D eigenvalue weighted by molar-refractivity contribution is 0.0278. The fraction of sp³-hybridized carbons (Fsp3) is 0.318. The molecule has 0 saturated carbocycles. The van der Waals surface area contributed by atoms with Crippen molar-refractivity contribution < 1.29 is 14.3 Å². The van der Waals surface area contributed by atoms with Crippen LogP contribution in [-0.4, -0.2) is 51.6 Å². The van der Waals surface area contributed by atoms with Gasteiger partial charge in [-0.2, -0.15) is 5.10 Å². The van der Waals surface area contributed by atoms with Crippen molar-refractivity contribution in [3.05, 3.63) is 59.5 Å². The summed E-state index contributed by atoms with van der Waals surface area (Å²) in [5, 5.41) is 4.66. The Labute approximate surface area is 184 Å². The molecular formula is C22H25BrN4O3. The second-order valence-corrected chi connectivity index (χ2v) is 8.60. The molecular weight excluding hydrogens is 448 g/mol. The number of halogens is 1. The highest BCUT2D eigenvalue weighted by atomic mass is 79.9. The number of rotatable bonds is 6. The van der Waals surface area contributed by atoms with E-state index in [0.29, 0.717) is 13.2 Å².